The van der Waals surface area contributed by atoms with E-state index >= 15 is 0 Å². The number of hydrogen-bond acceptors (Lipinski definition) is 0. The van der Waals surface area contributed by atoms with Crippen LogP contribution in [0.4, 0.5) is 0 Å². The summed E-state index contributed by atoms with van der Waals surface area (Å²) in [5, 5.41) is 0. The number of benzene rings is 2. The highest BCUT2D eigenvalue weighted by atomic mass is 14.2. The van der Waals surface area contributed by atoms with Gasteiger partial charge >= 0.3 is 0 Å². The molecule has 17 heavy (non-hydrogen) atoms. The fourth-order valence-corrected chi connectivity index (χ4v) is 2.34. The third-order valence-corrected chi connectivity index (χ3v) is 3.25. The molecule has 82 valence electrons. The van der Waals surface area contributed by atoms with E-state index < -0.39 is 0 Å². The van der Waals surface area contributed by atoms with Crippen LogP contribution >= 0.6 is 0 Å². The van der Waals surface area contributed by atoms with Crippen LogP contribution in [0.1, 0.15) is 16.7 Å². The molecule has 0 unspecified atom stereocenters. The summed E-state index contributed by atoms with van der Waals surface area (Å²) in [5.74, 6) is 0. The van der Waals surface area contributed by atoms with Gasteiger partial charge in [0.1, 0.15) is 0 Å². The molecule has 2 aromatic rings. The third-order valence-electron chi connectivity index (χ3n) is 3.25. The fourth-order valence-electron chi connectivity index (χ4n) is 2.34. The molecule has 0 N–H and O–H groups in total. The first kappa shape index (κ1) is 10.1. The Morgan fingerprint density at radius 1 is 0.882 bits per heavy atom. The molecular weight excluding hydrogens is 204 g/mol. The molecule has 3 rings (SSSR count). The van der Waals surface area contributed by atoms with Crippen LogP contribution in [0.15, 0.2) is 66.7 Å². The Kier molecular flexibility index (Phi) is 2.41. The zero-order chi connectivity index (χ0) is 11.7. The lowest BCUT2D eigenvalue weighted by Crippen LogP contribution is -1.80. The van der Waals surface area contributed by atoms with Crippen LogP contribution in [-0.2, 0) is 6.42 Å². The summed E-state index contributed by atoms with van der Waals surface area (Å²) in [5.41, 5.74) is 6.44. The van der Waals surface area contributed by atoms with Crippen molar-refractivity contribution in [2.75, 3.05) is 0 Å². The standard InChI is InChI=1S/C17H14/c1-13-16(11-14-7-3-2-4-8-14)12-15-9-5-6-10-17(13)15/h2-11H,1,12H2/b16-11+. The van der Waals surface area contributed by atoms with E-state index in [0.29, 0.717) is 0 Å². The van der Waals surface area contributed by atoms with Gasteiger partial charge in [0, 0.05) is 0 Å². The molecule has 0 saturated carbocycles. The van der Waals surface area contributed by atoms with E-state index in [9.17, 15) is 0 Å². The van der Waals surface area contributed by atoms with Gasteiger partial charge in [-0.05, 0) is 34.3 Å². The van der Waals surface area contributed by atoms with Crippen molar-refractivity contribution in [1.82, 2.24) is 0 Å². The lowest BCUT2D eigenvalue weighted by atomic mass is 10.0. The maximum absolute atomic E-state index is 4.20. The average Bonchev–Trinajstić information content (AvgIpc) is 2.68. The number of fused-ring (bicyclic) bond motifs is 1. The Bertz CT molecular complexity index is 588. The summed E-state index contributed by atoms with van der Waals surface area (Å²) in [7, 11) is 0. The lowest BCUT2D eigenvalue weighted by Gasteiger charge is -2.00. The summed E-state index contributed by atoms with van der Waals surface area (Å²) in [6.07, 6.45) is 3.24. The number of allylic oxidation sites excluding steroid dienone is 2. The zero-order valence-electron chi connectivity index (χ0n) is 9.69. The van der Waals surface area contributed by atoms with E-state index in [1.165, 1.54) is 27.8 Å². The minimum Gasteiger partial charge on any atom is -0.0909 e. The monoisotopic (exact) mass is 218 g/mol. The van der Waals surface area contributed by atoms with Crippen LogP contribution < -0.4 is 0 Å². The maximum Gasteiger partial charge on any atom is -0.00135 e. The van der Waals surface area contributed by atoms with Crippen LogP contribution in [0.2, 0.25) is 0 Å². The highest BCUT2D eigenvalue weighted by Gasteiger charge is 2.18. The van der Waals surface area contributed by atoms with Crippen LogP contribution in [0, 0.1) is 0 Å². The Morgan fingerprint density at radius 3 is 2.35 bits per heavy atom. The highest BCUT2D eigenvalue weighted by molar-refractivity contribution is 5.89. The summed E-state index contributed by atoms with van der Waals surface area (Å²) in [6, 6.07) is 18.9. The second-order valence-corrected chi connectivity index (χ2v) is 4.39. The second-order valence-electron chi connectivity index (χ2n) is 4.39. The van der Waals surface area contributed by atoms with Gasteiger partial charge in [0.05, 0.1) is 0 Å². The van der Waals surface area contributed by atoms with Gasteiger partial charge < -0.3 is 0 Å². The van der Waals surface area contributed by atoms with Crippen molar-refractivity contribution >= 4 is 11.6 Å². The quantitative estimate of drug-likeness (QED) is 0.668. The van der Waals surface area contributed by atoms with Crippen LogP contribution in [0.25, 0.3) is 11.6 Å². The summed E-state index contributed by atoms with van der Waals surface area (Å²) < 4.78 is 0. The van der Waals surface area contributed by atoms with Crippen molar-refractivity contribution in [2.24, 2.45) is 0 Å². The van der Waals surface area contributed by atoms with Crippen LogP contribution in [-0.4, -0.2) is 0 Å². The Hall–Kier alpha value is -2.08. The minimum atomic E-state index is 1.00. The van der Waals surface area contributed by atoms with Gasteiger partial charge in [0.15, 0.2) is 0 Å². The Morgan fingerprint density at radius 2 is 1.59 bits per heavy atom. The minimum absolute atomic E-state index is 1.00. The molecule has 0 heterocycles. The second kappa shape index (κ2) is 4.06. The first-order chi connectivity index (χ1) is 8.34. The summed E-state index contributed by atoms with van der Waals surface area (Å²) in [4.78, 5) is 0. The molecule has 0 amide bonds. The Labute approximate surface area is 102 Å². The van der Waals surface area contributed by atoms with E-state index in [0.717, 1.165) is 6.42 Å². The molecule has 0 fully saturated rings. The normalized spacial score (nSPS) is 16.2. The first-order valence-corrected chi connectivity index (χ1v) is 5.88. The Balaban J connectivity index is 2.00. The highest BCUT2D eigenvalue weighted by Crippen LogP contribution is 2.36. The predicted molar refractivity (Wildman–Crippen MR) is 73.6 cm³/mol. The number of rotatable bonds is 1. The van der Waals surface area contributed by atoms with Crippen molar-refractivity contribution in [3.63, 3.8) is 0 Å². The molecule has 1 aliphatic rings. The van der Waals surface area contributed by atoms with Gasteiger partial charge in [-0.25, -0.2) is 0 Å². The van der Waals surface area contributed by atoms with Crippen LogP contribution in [0.3, 0.4) is 0 Å². The smallest absolute Gasteiger partial charge is 0.00135 e. The molecule has 0 nitrogen and oxygen atoms in total. The molecule has 0 heteroatoms. The predicted octanol–water partition coefficient (Wildman–Crippen LogP) is 4.34. The van der Waals surface area contributed by atoms with Crippen molar-refractivity contribution < 1.29 is 0 Å². The van der Waals surface area contributed by atoms with Gasteiger partial charge in [-0.1, -0.05) is 67.3 Å². The molecule has 0 spiro atoms. The molecule has 0 saturated heterocycles. The molecule has 0 bridgehead atoms. The zero-order valence-corrected chi connectivity index (χ0v) is 9.69. The molecule has 2 aromatic carbocycles. The van der Waals surface area contributed by atoms with Gasteiger partial charge in [0.25, 0.3) is 0 Å². The summed E-state index contributed by atoms with van der Waals surface area (Å²) >= 11 is 0. The van der Waals surface area contributed by atoms with Crippen molar-refractivity contribution in [3.05, 3.63) is 83.4 Å². The molecule has 0 radical (unpaired) electrons. The van der Waals surface area contributed by atoms with E-state index in [2.05, 4.69) is 61.2 Å². The maximum atomic E-state index is 4.20. The van der Waals surface area contributed by atoms with Gasteiger partial charge in [0.2, 0.25) is 0 Å². The topological polar surface area (TPSA) is 0 Å². The van der Waals surface area contributed by atoms with Crippen molar-refractivity contribution in [2.45, 2.75) is 6.42 Å². The summed E-state index contributed by atoms with van der Waals surface area (Å²) in [6.45, 7) is 4.20. The van der Waals surface area contributed by atoms with Crippen molar-refractivity contribution in [1.29, 1.82) is 0 Å². The number of hydrogen-bond donors (Lipinski definition) is 0. The van der Waals surface area contributed by atoms with Gasteiger partial charge in [-0.2, -0.15) is 0 Å². The van der Waals surface area contributed by atoms with Crippen molar-refractivity contribution in [3.8, 4) is 0 Å². The fraction of sp³-hybridized carbons (Fsp3) is 0.0588. The molecule has 0 aliphatic heterocycles. The van der Waals surface area contributed by atoms with E-state index in [4.69, 9.17) is 0 Å². The lowest BCUT2D eigenvalue weighted by molar-refractivity contribution is 1.28. The third kappa shape index (κ3) is 1.83. The molecule has 1 aliphatic carbocycles. The van der Waals surface area contributed by atoms with Gasteiger partial charge in [-0.15, -0.1) is 0 Å². The molecule has 0 aromatic heterocycles. The van der Waals surface area contributed by atoms with E-state index in [1.54, 1.807) is 0 Å². The molecule has 0 atom stereocenters. The SMILES string of the molecule is C=C1/C(=C/c2ccccc2)Cc2ccccc21. The van der Waals surface area contributed by atoms with Crippen LogP contribution in [0.5, 0.6) is 0 Å². The average molecular weight is 218 g/mol. The van der Waals surface area contributed by atoms with E-state index in [1.807, 2.05) is 6.07 Å². The molecular formula is C17H14. The van der Waals surface area contributed by atoms with E-state index in [-0.39, 0.29) is 0 Å². The first-order valence-electron chi connectivity index (χ1n) is 5.88. The largest absolute Gasteiger partial charge is 0.0909 e. The van der Waals surface area contributed by atoms with Gasteiger partial charge in [-0.3, -0.25) is 0 Å².